The van der Waals surface area contributed by atoms with E-state index in [-0.39, 0.29) is 30.5 Å². The second kappa shape index (κ2) is 7.46. The summed E-state index contributed by atoms with van der Waals surface area (Å²) in [5.74, 6) is 3.15. The first-order chi connectivity index (χ1) is 7.75. The van der Waals surface area contributed by atoms with Crippen LogP contribution in [0.4, 0.5) is 0 Å². The molecule has 0 aliphatic carbocycles. The molecule has 4 nitrogen and oxygen atoms in total. The number of carbonyl (C=O) groups excluding carboxylic acids is 1. The number of rotatable bonds is 3. The number of halogens is 1. The number of β-amino-alcohol motifs (C(OH)–C–C–N with tert-alkyl or cyclic N) is 1. The molecule has 2 fully saturated rings. The molecule has 0 aromatic heterocycles. The Hall–Kier alpha value is 0.0300. The highest BCUT2D eigenvalue weighted by molar-refractivity contribution is 7.99. The minimum Gasteiger partial charge on any atom is -0.392 e. The average molecular weight is 281 g/mol. The lowest BCUT2D eigenvalue weighted by molar-refractivity contribution is -0.123. The number of nitrogens with one attached hydrogen (secondary N) is 2. The summed E-state index contributed by atoms with van der Waals surface area (Å²) in [4.78, 5) is 11.7. The molecule has 0 aromatic carbocycles. The van der Waals surface area contributed by atoms with Crippen molar-refractivity contribution in [2.75, 3.05) is 24.6 Å². The summed E-state index contributed by atoms with van der Waals surface area (Å²) >= 11 is 2.00. The summed E-state index contributed by atoms with van der Waals surface area (Å²) < 4.78 is 0. The van der Waals surface area contributed by atoms with Crippen LogP contribution in [0.15, 0.2) is 0 Å². The fraction of sp³-hybridized carbons (Fsp3) is 0.909. The smallest absolute Gasteiger partial charge is 0.237 e. The molecule has 6 heteroatoms. The Morgan fingerprint density at radius 1 is 1.41 bits per heavy atom. The Balaban J connectivity index is 0.00000144. The van der Waals surface area contributed by atoms with Crippen molar-refractivity contribution in [2.24, 2.45) is 5.92 Å². The van der Waals surface area contributed by atoms with Gasteiger partial charge in [0, 0.05) is 13.1 Å². The van der Waals surface area contributed by atoms with Crippen LogP contribution in [-0.4, -0.2) is 47.8 Å². The van der Waals surface area contributed by atoms with Gasteiger partial charge in [-0.05, 0) is 36.7 Å². The topological polar surface area (TPSA) is 61.4 Å². The van der Waals surface area contributed by atoms with Gasteiger partial charge in [-0.2, -0.15) is 11.8 Å². The normalized spacial score (nSPS) is 29.7. The van der Waals surface area contributed by atoms with Crippen LogP contribution >= 0.6 is 24.2 Å². The van der Waals surface area contributed by atoms with Crippen LogP contribution in [0.25, 0.3) is 0 Å². The van der Waals surface area contributed by atoms with Crippen molar-refractivity contribution in [3.63, 3.8) is 0 Å². The Kier molecular flexibility index (Phi) is 6.62. The van der Waals surface area contributed by atoms with Gasteiger partial charge in [-0.1, -0.05) is 0 Å². The molecule has 3 N–H and O–H groups in total. The molecule has 1 amide bonds. The van der Waals surface area contributed by atoms with E-state index in [1.807, 2.05) is 11.8 Å². The molecule has 0 aromatic rings. The monoisotopic (exact) mass is 280 g/mol. The second-order valence-electron chi connectivity index (χ2n) is 4.65. The molecule has 100 valence electrons. The van der Waals surface area contributed by atoms with Crippen molar-refractivity contribution in [1.29, 1.82) is 0 Å². The maximum absolute atomic E-state index is 11.7. The summed E-state index contributed by atoms with van der Waals surface area (Å²) in [6, 6.07) is -0.187. The predicted molar refractivity (Wildman–Crippen MR) is 72.7 cm³/mol. The number of hydrogen-bond acceptors (Lipinski definition) is 4. The van der Waals surface area contributed by atoms with Gasteiger partial charge in [0.2, 0.25) is 5.91 Å². The molecule has 2 unspecified atom stereocenters. The summed E-state index contributed by atoms with van der Waals surface area (Å²) in [5.41, 5.74) is 0. The minimum atomic E-state index is -0.359. The maximum atomic E-state index is 11.7. The summed E-state index contributed by atoms with van der Waals surface area (Å²) in [6.45, 7) is 1.34. The van der Waals surface area contributed by atoms with Crippen molar-refractivity contribution in [3.8, 4) is 0 Å². The fourth-order valence-corrected chi connectivity index (χ4v) is 3.44. The van der Waals surface area contributed by atoms with Crippen molar-refractivity contribution in [3.05, 3.63) is 0 Å². The SMILES string of the molecule is Cl.O=C(NCC1CCSCC1)C1CC(O)CN1. The minimum absolute atomic E-state index is 0. The molecule has 2 aliphatic heterocycles. The summed E-state index contributed by atoms with van der Waals surface area (Å²) in [7, 11) is 0. The van der Waals surface area contributed by atoms with Gasteiger partial charge in [-0.25, -0.2) is 0 Å². The highest BCUT2D eigenvalue weighted by Crippen LogP contribution is 2.21. The molecule has 0 saturated carbocycles. The molecular formula is C11H21ClN2O2S. The Bertz CT molecular complexity index is 250. The first-order valence-corrected chi connectivity index (χ1v) is 7.18. The van der Waals surface area contributed by atoms with Crippen LogP contribution in [0.5, 0.6) is 0 Å². The molecule has 2 rings (SSSR count). The van der Waals surface area contributed by atoms with E-state index in [1.54, 1.807) is 0 Å². The molecule has 0 radical (unpaired) electrons. The van der Waals surface area contributed by atoms with Gasteiger partial charge in [-0.3, -0.25) is 4.79 Å². The molecule has 2 heterocycles. The highest BCUT2D eigenvalue weighted by Gasteiger charge is 2.28. The number of aliphatic hydroxyl groups is 1. The zero-order valence-corrected chi connectivity index (χ0v) is 11.5. The molecule has 0 spiro atoms. The molecule has 17 heavy (non-hydrogen) atoms. The van der Waals surface area contributed by atoms with E-state index in [9.17, 15) is 9.90 Å². The molecule has 2 aliphatic rings. The van der Waals surface area contributed by atoms with Crippen LogP contribution in [0.2, 0.25) is 0 Å². The van der Waals surface area contributed by atoms with Gasteiger partial charge in [0.05, 0.1) is 12.1 Å². The zero-order chi connectivity index (χ0) is 11.4. The Morgan fingerprint density at radius 2 is 2.12 bits per heavy atom. The molecule has 2 atom stereocenters. The van der Waals surface area contributed by atoms with Gasteiger partial charge in [0.1, 0.15) is 0 Å². The van der Waals surface area contributed by atoms with Crippen molar-refractivity contribution < 1.29 is 9.90 Å². The Labute approximate surface area is 113 Å². The maximum Gasteiger partial charge on any atom is 0.237 e. The quantitative estimate of drug-likeness (QED) is 0.700. The van der Waals surface area contributed by atoms with E-state index in [0.29, 0.717) is 18.9 Å². The fourth-order valence-electron chi connectivity index (χ4n) is 2.24. The predicted octanol–water partition coefficient (Wildman–Crippen LogP) is 0.390. The first kappa shape index (κ1) is 15.1. The third kappa shape index (κ3) is 4.66. The van der Waals surface area contributed by atoms with E-state index in [0.717, 1.165) is 6.54 Å². The summed E-state index contributed by atoms with van der Waals surface area (Å²) in [5, 5.41) is 15.3. The zero-order valence-electron chi connectivity index (χ0n) is 9.85. The van der Waals surface area contributed by atoms with Gasteiger partial charge < -0.3 is 15.7 Å². The highest BCUT2D eigenvalue weighted by atomic mass is 35.5. The standard InChI is InChI=1S/C11H20N2O2S.ClH/c14-9-5-10(12-7-9)11(15)13-6-8-1-3-16-4-2-8;/h8-10,12,14H,1-7H2,(H,13,15);1H. The third-order valence-corrected chi connectivity index (χ3v) is 4.38. The van der Waals surface area contributed by atoms with E-state index in [1.165, 1.54) is 24.3 Å². The first-order valence-electron chi connectivity index (χ1n) is 6.02. The lowest BCUT2D eigenvalue weighted by Gasteiger charge is -2.22. The van der Waals surface area contributed by atoms with E-state index < -0.39 is 0 Å². The van der Waals surface area contributed by atoms with Crippen LogP contribution < -0.4 is 10.6 Å². The van der Waals surface area contributed by atoms with Crippen LogP contribution in [0.1, 0.15) is 19.3 Å². The van der Waals surface area contributed by atoms with Crippen LogP contribution in [-0.2, 0) is 4.79 Å². The second-order valence-corrected chi connectivity index (χ2v) is 5.88. The number of aliphatic hydroxyl groups excluding tert-OH is 1. The molecular weight excluding hydrogens is 260 g/mol. The average Bonchev–Trinajstić information content (AvgIpc) is 2.74. The van der Waals surface area contributed by atoms with Gasteiger partial charge in [-0.15, -0.1) is 12.4 Å². The largest absolute Gasteiger partial charge is 0.392 e. The van der Waals surface area contributed by atoms with Crippen molar-refractivity contribution in [2.45, 2.75) is 31.4 Å². The Morgan fingerprint density at radius 3 is 2.71 bits per heavy atom. The lowest BCUT2D eigenvalue weighted by atomic mass is 10.0. The van der Waals surface area contributed by atoms with E-state index in [2.05, 4.69) is 10.6 Å². The van der Waals surface area contributed by atoms with Crippen LogP contribution in [0.3, 0.4) is 0 Å². The van der Waals surface area contributed by atoms with E-state index >= 15 is 0 Å². The van der Waals surface area contributed by atoms with Crippen molar-refractivity contribution in [1.82, 2.24) is 10.6 Å². The number of carbonyl (C=O) groups is 1. The summed E-state index contributed by atoms with van der Waals surface area (Å²) in [6.07, 6.45) is 2.62. The van der Waals surface area contributed by atoms with Gasteiger partial charge in [0.15, 0.2) is 0 Å². The number of hydrogen-bond donors (Lipinski definition) is 3. The number of amides is 1. The molecule has 2 saturated heterocycles. The lowest BCUT2D eigenvalue weighted by Crippen LogP contribution is -2.42. The van der Waals surface area contributed by atoms with Crippen molar-refractivity contribution >= 4 is 30.1 Å². The van der Waals surface area contributed by atoms with Crippen LogP contribution in [0, 0.1) is 5.92 Å². The molecule has 0 bridgehead atoms. The third-order valence-electron chi connectivity index (χ3n) is 3.33. The number of thioether (sulfide) groups is 1. The van der Waals surface area contributed by atoms with Gasteiger partial charge >= 0.3 is 0 Å². The van der Waals surface area contributed by atoms with Gasteiger partial charge in [0.25, 0.3) is 0 Å². The van der Waals surface area contributed by atoms with E-state index in [4.69, 9.17) is 0 Å².